The Bertz CT molecular complexity index is 1420. The molecule has 4 rings (SSSR count). The number of para-hydroxylation sites is 1. The minimum atomic E-state index is -0.331. The van der Waals surface area contributed by atoms with Crippen molar-refractivity contribution in [3.8, 4) is 11.4 Å². The molecule has 0 fully saturated rings. The van der Waals surface area contributed by atoms with E-state index in [4.69, 9.17) is 32.7 Å². The quantitative estimate of drug-likeness (QED) is 0.207. The maximum atomic E-state index is 12.0. The maximum Gasteiger partial charge on any atom is 0.338 e. The number of ether oxygens (including phenoxy) is 2. The molecule has 4 aromatic rings. The molecule has 1 heterocycles. The molecule has 0 aliphatic heterocycles. The summed E-state index contributed by atoms with van der Waals surface area (Å²) in [5.74, 6) is 0.534. The topological polar surface area (TPSA) is 78.3 Å². The summed E-state index contributed by atoms with van der Waals surface area (Å²) in [5, 5.41) is 13.1. The van der Waals surface area contributed by atoms with Gasteiger partial charge >= 0.3 is 5.97 Å². The highest BCUT2D eigenvalue weighted by Gasteiger charge is 2.21. The number of carbonyl (C=O) groups is 1. The van der Waals surface area contributed by atoms with Gasteiger partial charge in [-0.1, -0.05) is 60.5 Å². The third-order valence-electron chi connectivity index (χ3n) is 6.04. The lowest BCUT2D eigenvalue weighted by Crippen LogP contribution is -2.09. The highest BCUT2D eigenvalue weighted by atomic mass is 35.5. The van der Waals surface area contributed by atoms with Crippen LogP contribution >= 0.6 is 23.2 Å². The number of benzene rings is 3. The van der Waals surface area contributed by atoms with Crippen LogP contribution in [0.2, 0.25) is 10.0 Å². The first-order valence-electron chi connectivity index (χ1n) is 12.4. The lowest BCUT2D eigenvalue weighted by atomic mass is 10.1. The zero-order valence-corrected chi connectivity index (χ0v) is 23.3. The Morgan fingerprint density at radius 3 is 2.47 bits per heavy atom. The summed E-state index contributed by atoms with van der Waals surface area (Å²) in [6, 6.07) is 18.6. The van der Waals surface area contributed by atoms with Crippen molar-refractivity contribution in [1.82, 2.24) is 15.0 Å². The molecule has 0 saturated carbocycles. The highest BCUT2D eigenvalue weighted by Crippen LogP contribution is 2.31. The fraction of sp³-hybridized carbons (Fsp3) is 0.276. The molecule has 7 nitrogen and oxygen atoms in total. The first-order chi connectivity index (χ1) is 18.3. The van der Waals surface area contributed by atoms with Crippen LogP contribution in [0, 0.1) is 6.92 Å². The molecule has 198 valence electrons. The van der Waals surface area contributed by atoms with Gasteiger partial charge in [0.25, 0.3) is 0 Å². The van der Waals surface area contributed by atoms with E-state index in [9.17, 15) is 4.79 Å². The van der Waals surface area contributed by atoms with Gasteiger partial charge in [-0.2, -0.15) is 0 Å². The fourth-order valence-electron chi connectivity index (χ4n) is 4.04. The number of carbonyl (C=O) groups excluding carboxylic acids is 1. The molecule has 1 aromatic heterocycles. The predicted octanol–water partition coefficient (Wildman–Crippen LogP) is 7.37. The monoisotopic (exact) mass is 552 g/mol. The SMILES string of the molecule is CCOC(=O)c1cccc(NCc2ccc(OCc3c(C(C)C)nnn3-c3c(Cl)cccc3Cl)cc2C)c1. The highest BCUT2D eigenvalue weighted by molar-refractivity contribution is 6.37. The van der Waals surface area contributed by atoms with Crippen LogP contribution in [0.3, 0.4) is 0 Å². The van der Waals surface area contributed by atoms with E-state index in [1.807, 2.05) is 37.3 Å². The van der Waals surface area contributed by atoms with Gasteiger partial charge in [0.2, 0.25) is 0 Å². The third kappa shape index (κ3) is 6.29. The first kappa shape index (κ1) is 27.5. The number of hydrogen-bond donors (Lipinski definition) is 1. The van der Waals surface area contributed by atoms with E-state index in [2.05, 4.69) is 29.5 Å². The molecule has 0 aliphatic rings. The van der Waals surface area contributed by atoms with Gasteiger partial charge in [-0.25, -0.2) is 9.48 Å². The number of aryl methyl sites for hydroxylation is 1. The van der Waals surface area contributed by atoms with Crippen molar-refractivity contribution in [3.05, 3.63) is 98.8 Å². The molecule has 0 atom stereocenters. The van der Waals surface area contributed by atoms with E-state index in [-0.39, 0.29) is 18.5 Å². The lowest BCUT2D eigenvalue weighted by Gasteiger charge is -2.15. The Morgan fingerprint density at radius 2 is 1.79 bits per heavy atom. The van der Waals surface area contributed by atoms with Gasteiger partial charge in [0.15, 0.2) is 0 Å². The second kappa shape index (κ2) is 12.3. The molecule has 9 heteroatoms. The Balaban J connectivity index is 1.48. The van der Waals surface area contributed by atoms with Crippen LogP contribution in [0.25, 0.3) is 5.69 Å². The molecule has 38 heavy (non-hydrogen) atoms. The molecule has 0 bridgehead atoms. The van der Waals surface area contributed by atoms with Crippen LogP contribution in [0.4, 0.5) is 5.69 Å². The van der Waals surface area contributed by atoms with Gasteiger partial charge in [0.1, 0.15) is 23.7 Å². The number of rotatable bonds is 10. The average molecular weight is 553 g/mol. The van der Waals surface area contributed by atoms with Crippen molar-refractivity contribution in [2.75, 3.05) is 11.9 Å². The predicted molar refractivity (Wildman–Crippen MR) is 151 cm³/mol. The molecule has 0 saturated heterocycles. The maximum absolute atomic E-state index is 12.0. The molecule has 3 aromatic carbocycles. The zero-order chi connectivity index (χ0) is 27.2. The van der Waals surface area contributed by atoms with Crippen LogP contribution in [0.5, 0.6) is 5.75 Å². The normalized spacial score (nSPS) is 11.0. The number of anilines is 1. The van der Waals surface area contributed by atoms with Crippen LogP contribution in [0.15, 0.2) is 60.7 Å². The van der Waals surface area contributed by atoms with Gasteiger partial charge in [-0.15, -0.1) is 5.10 Å². The first-order valence-corrected chi connectivity index (χ1v) is 13.2. The van der Waals surface area contributed by atoms with Gasteiger partial charge in [0.05, 0.1) is 27.9 Å². The fourth-order valence-corrected chi connectivity index (χ4v) is 4.60. The summed E-state index contributed by atoms with van der Waals surface area (Å²) in [6.07, 6.45) is 0. The number of hydrogen-bond acceptors (Lipinski definition) is 6. The number of halogens is 2. The van der Waals surface area contributed by atoms with E-state index in [0.717, 1.165) is 34.0 Å². The van der Waals surface area contributed by atoms with Gasteiger partial charge in [-0.3, -0.25) is 0 Å². The van der Waals surface area contributed by atoms with Crippen molar-refractivity contribution in [1.29, 1.82) is 0 Å². The second-order valence-electron chi connectivity index (χ2n) is 9.09. The van der Waals surface area contributed by atoms with E-state index >= 15 is 0 Å². The van der Waals surface area contributed by atoms with Crippen LogP contribution in [-0.2, 0) is 17.9 Å². The lowest BCUT2D eigenvalue weighted by molar-refractivity contribution is 0.0526. The molecular weight excluding hydrogens is 523 g/mol. The third-order valence-corrected chi connectivity index (χ3v) is 6.65. The summed E-state index contributed by atoms with van der Waals surface area (Å²) in [4.78, 5) is 12.0. The zero-order valence-electron chi connectivity index (χ0n) is 21.8. The van der Waals surface area contributed by atoms with E-state index in [1.54, 1.807) is 41.9 Å². The molecule has 0 spiro atoms. The molecule has 0 aliphatic carbocycles. The molecule has 0 radical (unpaired) electrons. The number of aromatic nitrogens is 3. The molecule has 0 unspecified atom stereocenters. The molecule has 1 N–H and O–H groups in total. The minimum Gasteiger partial charge on any atom is -0.487 e. The van der Waals surface area contributed by atoms with Gasteiger partial charge in [-0.05, 0) is 73.4 Å². The Hall–Kier alpha value is -3.55. The second-order valence-corrected chi connectivity index (χ2v) is 9.90. The van der Waals surface area contributed by atoms with Gasteiger partial charge in [0, 0.05) is 12.2 Å². The Morgan fingerprint density at radius 1 is 1.05 bits per heavy atom. The smallest absolute Gasteiger partial charge is 0.338 e. The average Bonchev–Trinajstić information content (AvgIpc) is 3.31. The summed E-state index contributed by atoms with van der Waals surface area (Å²) in [7, 11) is 0. The van der Waals surface area contributed by atoms with Crippen molar-refractivity contribution in [3.63, 3.8) is 0 Å². The Labute approximate surface area is 232 Å². The molecular formula is C29H30Cl2N4O3. The number of nitrogens with zero attached hydrogens (tertiary/aromatic N) is 3. The number of esters is 1. The van der Waals surface area contributed by atoms with E-state index in [1.165, 1.54) is 0 Å². The van der Waals surface area contributed by atoms with Gasteiger partial charge < -0.3 is 14.8 Å². The van der Waals surface area contributed by atoms with E-state index in [0.29, 0.717) is 34.4 Å². The van der Waals surface area contributed by atoms with Crippen molar-refractivity contribution in [2.45, 2.75) is 46.8 Å². The summed E-state index contributed by atoms with van der Waals surface area (Å²) in [5.41, 5.74) is 5.74. The van der Waals surface area contributed by atoms with Crippen LogP contribution < -0.4 is 10.1 Å². The van der Waals surface area contributed by atoms with Crippen LogP contribution in [0.1, 0.15) is 59.6 Å². The van der Waals surface area contributed by atoms with Crippen molar-refractivity contribution < 1.29 is 14.3 Å². The summed E-state index contributed by atoms with van der Waals surface area (Å²) >= 11 is 12.9. The minimum absolute atomic E-state index is 0.140. The summed E-state index contributed by atoms with van der Waals surface area (Å²) < 4.78 is 12.9. The van der Waals surface area contributed by atoms with Crippen molar-refractivity contribution >= 4 is 34.9 Å². The summed E-state index contributed by atoms with van der Waals surface area (Å²) in [6.45, 7) is 9.13. The largest absolute Gasteiger partial charge is 0.487 e. The van der Waals surface area contributed by atoms with Crippen molar-refractivity contribution in [2.24, 2.45) is 0 Å². The van der Waals surface area contributed by atoms with E-state index < -0.39 is 0 Å². The Kier molecular flexibility index (Phi) is 8.92. The molecule has 0 amide bonds. The standard InChI is InChI=1S/C29H30Cl2N4O3/c1-5-37-29(36)20-8-6-9-22(15-20)32-16-21-12-13-23(14-19(21)4)38-17-26-27(18(2)3)33-34-35(26)28-24(30)10-7-11-25(28)31/h6-15,18,32H,5,16-17H2,1-4H3. The number of nitrogens with one attached hydrogen (secondary N) is 1. The van der Waals surface area contributed by atoms with Crippen LogP contribution in [-0.4, -0.2) is 27.6 Å².